The van der Waals surface area contributed by atoms with Gasteiger partial charge in [0.2, 0.25) is 0 Å². The second kappa shape index (κ2) is 6.61. The maximum Gasteiger partial charge on any atom is 0.175 e. The highest BCUT2D eigenvalue weighted by Crippen LogP contribution is 2.37. The Morgan fingerprint density at radius 3 is 2.72 bits per heavy atom. The molecule has 0 radical (unpaired) electrons. The minimum atomic E-state index is -1.13. The van der Waals surface area contributed by atoms with Crippen LogP contribution in [0.2, 0.25) is 0 Å². The first-order valence-corrected chi connectivity index (χ1v) is 6.32. The van der Waals surface area contributed by atoms with E-state index in [1.807, 2.05) is 6.92 Å². The number of halogens is 1. The van der Waals surface area contributed by atoms with Gasteiger partial charge in [-0.15, -0.1) is 0 Å². The Balaban J connectivity index is 3.09. The second-order valence-corrected chi connectivity index (χ2v) is 4.59. The molecule has 18 heavy (non-hydrogen) atoms. The van der Waals surface area contributed by atoms with Crippen LogP contribution in [0.25, 0.3) is 0 Å². The Morgan fingerprint density at radius 2 is 2.22 bits per heavy atom. The number of hydrogen-bond donors (Lipinski definition) is 1. The molecular weight excluding hydrogens is 302 g/mol. The summed E-state index contributed by atoms with van der Waals surface area (Å²) in [4.78, 5) is 10.6. The van der Waals surface area contributed by atoms with Crippen LogP contribution in [0, 0.1) is 0 Å². The van der Waals surface area contributed by atoms with Gasteiger partial charge >= 0.3 is 0 Å². The van der Waals surface area contributed by atoms with Gasteiger partial charge in [-0.2, -0.15) is 0 Å². The van der Waals surface area contributed by atoms with Crippen LogP contribution in [-0.4, -0.2) is 19.7 Å². The third-order valence-corrected chi connectivity index (χ3v) is 3.01. The fourth-order valence-corrected chi connectivity index (χ4v) is 2.15. The SMILES string of the molecule is CCOc1c(Br)cc([C@@H]([NH3+])CC(=O)[O-])cc1OC. The number of methoxy groups -OCH3 is 1. The van der Waals surface area contributed by atoms with Crippen molar-refractivity contribution in [3.8, 4) is 11.5 Å². The van der Waals surface area contributed by atoms with Crippen molar-refractivity contribution in [1.82, 2.24) is 0 Å². The van der Waals surface area contributed by atoms with Gasteiger partial charge in [-0.05, 0) is 35.0 Å². The van der Waals surface area contributed by atoms with Gasteiger partial charge in [-0.1, -0.05) is 0 Å². The molecule has 0 heterocycles. The Kier molecular flexibility index (Phi) is 5.43. The predicted molar refractivity (Wildman–Crippen MR) is 67.1 cm³/mol. The molecule has 100 valence electrons. The first-order chi connectivity index (χ1) is 8.49. The molecule has 1 aromatic rings. The summed E-state index contributed by atoms with van der Waals surface area (Å²) in [6.45, 7) is 2.39. The van der Waals surface area contributed by atoms with Crippen LogP contribution in [-0.2, 0) is 4.79 Å². The summed E-state index contributed by atoms with van der Waals surface area (Å²) >= 11 is 3.38. The summed E-state index contributed by atoms with van der Waals surface area (Å²) in [5.41, 5.74) is 4.56. The van der Waals surface area contributed by atoms with Crippen LogP contribution in [0.5, 0.6) is 11.5 Å². The zero-order chi connectivity index (χ0) is 13.7. The van der Waals surface area contributed by atoms with E-state index in [0.717, 1.165) is 5.56 Å². The molecule has 3 N–H and O–H groups in total. The average Bonchev–Trinajstić information content (AvgIpc) is 2.30. The van der Waals surface area contributed by atoms with Gasteiger partial charge in [0.05, 0.1) is 18.2 Å². The van der Waals surface area contributed by atoms with E-state index in [4.69, 9.17) is 9.47 Å². The molecule has 0 aliphatic rings. The third-order valence-electron chi connectivity index (χ3n) is 2.42. The van der Waals surface area contributed by atoms with E-state index in [2.05, 4.69) is 21.7 Å². The summed E-state index contributed by atoms with van der Waals surface area (Å²) in [6.07, 6.45) is -0.135. The highest BCUT2D eigenvalue weighted by atomic mass is 79.9. The molecule has 0 saturated carbocycles. The van der Waals surface area contributed by atoms with Crippen LogP contribution in [0.4, 0.5) is 0 Å². The highest BCUT2D eigenvalue weighted by molar-refractivity contribution is 9.10. The van der Waals surface area contributed by atoms with Crippen LogP contribution in [0.15, 0.2) is 16.6 Å². The molecule has 6 heteroatoms. The number of benzene rings is 1. The quantitative estimate of drug-likeness (QED) is 0.816. The molecule has 0 bridgehead atoms. The van der Waals surface area contributed by atoms with Crippen molar-refractivity contribution in [2.24, 2.45) is 0 Å². The van der Waals surface area contributed by atoms with E-state index in [-0.39, 0.29) is 6.42 Å². The van der Waals surface area contributed by atoms with Crippen LogP contribution < -0.4 is 20.3 Å². The summed E-state index contributed by atoms with van der Waals surface area (Å²) < 4.78 is 11.4. The number of ether oxygens (including phenoxy) is 2. The molecule has 0 amide bonds. The molecule has 0 unspecified atom stereocenters. The van der Waals surface area contributed by atoms with Crippen molar-refractivity contribution in [2.45, 2.75) is 19.4 Å². The van der Waals surface area contributed by atoms with E-state index in [1.54, 1.807) is 12.1 Å². The smallest absolute Gasteiger partial charge is 0.175 e. The number of carbonyl (C=O) groups excluding carboxylic acids is 1. The molecule has 0 aromatic heterocycles. The van der Waals surface area contributed by atoms with Gasteiger partial charge < -0.3 is 25.1 Å². The lowest BCUT2D eigenvalue weighted by Gasteiger charge is -2.15. The van der Waals surface area contributed by atoms with Gasteiger partial charge in [-0.3, -0.25) is 0 Å². The van der Waals surface area contributed by atoms with E-state index >= 15 is 0 Å². The fraction of sp³-hybridized carbons (Fsp3) is 0.417. The minimum absolute atomic E-state index is 0.135. The normalized spacial score (nSPS) is 12.0. The molecule has 1 aromatic carbocycles. The zero-order valence-electron chi connectivity index (χ0n) is 10.4. The van der Waals surface area contributed by atoms with Crippen molar-refractivity contribution in [2.75, 3.05) is 13.7 Å². The Morgan fingerprint density at radius 1 is 1.56 bits per heavy atom. The average molecular weight is 318 g/mol. The van der Waals surface area contributed by atoms with Crippen LogP contribution >= 0.6 is 15.9 Å². The summed E-state index contributed by atoms with van der Waals surface area (Å²) in [6, 6.07) is 3.13. The lowest BCUT2D eigenvalue weighted by atomic mass is 10.0. The molecular formula is C12H16BrNO4. The van der Waals surface area contributed by atoms with Crippen molar-refractivity contribution < 1.29 is 25.1 Å². The lowest BCUT2D eigenvalue weighted by molar-refractivity contribution is -0.430. The van der Waals surface area contributed by atoms with Gasteiger partial charge in [0.25, 0.3) is 0 Å². The first-order valence-electron chi connectivity index (χ1n) is 5.52. The molecule has 0 aliphatic carbocycles. The van der Waals surface area contributed by atoms with Gasteiger partial charge in [0.15, 0.2) is 11.5 Å². The number of carboxylic acid groups (broad SMARTS) is 1. The van der Waals surface area contributed by atoms with Gasteiger partial charge in [0.1, 0.15) is 6.04 Å². The van der Waals surface area contributed by atoms with Gasteiger partial charge in [0, 0.05) is 18.0 Å². The first kappa shape index (κ1) is 14.8. The third kappa shape index (κ3) is 3.61. The fourth-order valence-electron chi connectivity index (χ4n) is 1.58. The topological polar surface area (TPSA) is 86.2 Å². The Labute approximate surface area is 114 Å². The summed E-state index contributed by atoms with van der Waals surface area (Å²) in [7, 11) is 1.53. The summed E-state index contributed by atoms with van der Waals surface area (Å²) in [5, 5.41) is 10.6. The zero-order valence-corrected chi connectivity index (χ0v) is 12.0. The number of rotatable bonds is 6. The number of carbonyl (C=O) groups is 1. The Bertz CT molecular complexity index is 436. The van der Waals surface area contributed by atoms with Crippen molar-refractivity contribution in [1.29, 1.82) is 0 Å². The molecule has 0 aliphatic heterocycles. The molecule has 0 saturated heterocycles. The maximum absolute atomic E-state index is 10.6. The standard InChI is InChI=1S/C12H16BrNO4/c1-3-18-12-8(13)4-7(5-10(12)17-2)9(14)6-11(15)16/h4-5,9H,3,6,14H2,1-2H3,(H,15,16)/t9-/m0/s1. The number of carboxylic acids is 1. The number of quaternary nitrogens is 1. The molecule has 0 fully saturated rings. The lowest BCUT2D eigenvalue weighted by Crippen LogP contribution is -2.55. The van der Waals surface area contributed by atoms with E-state index < -0.39 is 12.0 Å². The molecule has 5 nitrogen and oxygen atoms in total. The highest BCUT2D eigenvalue weighted by Gasteiger charge is 2.17. The van der Waals surface area contributed by atoms with Crippen LogP contribution in [0.1, 0.15) is 24.9 Å². The Hall–Kier alpha value is -1.27. The number of hydrogen-bond acceptors (Lipinski definition) is 4. The largest absolute Gasteiger partial charge is 0.550 e. The van der Waals surface area contributed by atoms with Crippen molar-refractivity contribution in [3.05, 3.63) is 22.2 Å². The van der Waals surface area contributed by atoms with Crippen molar-refractivity contribution in [3.63, 3.8) is 0 Å². The van der Waals surface area contributed by atoms with E-state index in [9.17, 15) is 9.90 Å². The van der Waals surface area contributed by atoms with Crippen molar-refractivity contribution >= 4 is 21.9 Å². The maximum atomic E-state index is 10.6. The minimum Gasteiger partial charge on any atom is -0.550 e. The molecule has 0 spiro atoms. The number of aliphatic carboxylic acids is 1. The van der Waals surface area contributed by atoms with Crippen LogP contribution in [0.3, 0.4) is 0 Å². The monoisotopic (exact) mass is 317 g/mol. The predicted octanol–water partition coefficient (Wildman–Crippen LogP) is 0.279. The second-order valence-electron chi connectivity index (χ2n) is 3.74. The van der Waals surface area contributed by atoms with Gasteiger partial charge in [-0.25, -0.2) is 0 Å². The van der Waals surface area contributed by atoms with E-state index in [0.29, 0.717) is 22.6 Å². The molecule has 1 atom stereocenters. The van der Waals surface area contributed by atoms with E-state index in [1.165, 1.54) is 7.11 Å². The molecule has 1 rings (SSSR count). The summed E-state index contributed by atoms with van der Waals surface area (Å²) in [5.74, 6) is 0.0246.